The van der Waals surface area contributed by atoms with Crippen molar-refractivity contribution in [1.29, 1.82) is 0 Å². The average molecular weight is 360 g/mol. The van der Waals surface area contributed by atoms with E-state index in [9.17, 15) is 22.8 Å². The number of morpholine rings is 1. The minimum Gasteiger partial charge on any atom is -0.370 e. The highest BCUT2D eigenvalue weighted by atomic mass is 19.4. The lowest BCUT2D eigenvalue weighted by Gasteiger charge is -2.23. The van der Waals surface area contributed by atoms with Crippen LogP contribution in [0.25, 0.3) is 0 Å². The Bertz CT molecular complexity index is 602. The summed E-state index contributed by atoms with van der Waals surface area (Å²) in [5, 5.41) is 4.64. The summed E-state index contributed by atoms with van der Waals surface area (Å²) in [5.74, 6) is -1.85. The standard InChI is InChI=1S/C16H20F3N3O3/c17-16(18,19)12-3-1-4-13(11-12)21-15(24)14(23)20-5-2-6-22-7-9-25-10-8-22/h1,3-4,11H,2,5-10H2,(H,20,23)(H,21,24)/p+1. The van der Waals surface area contributed by atoms with E-state index in [0.717, 1.165) is 45.0 Å². The predicted molar refractivity (Wildman–Crippen MR) is 84.1 cm³/mol. The van der Waals surface area contributed by atoms with Crippen LogP contribution in [-0.2, 0) is 20.5 Å². The molecule has 138 valence electrons. The summed E-state index contributed by atoms with van der Waals surface area (Å²) in [6, 6.07) is 4.14. The zero-order valence-corrected chi connectivity index (χ0v) is 13.6. The number of quaternary nitrogens is 1. The van der Waals surface area contributed by atoms with Crippen LogP contribution in [0.4, 0.5) is 18.9 Å². The third-order valence-corrected chi connectivity index (χ3v) is 3.85. The first-order valence-corrected chi connectivity index (χ1v) is 8.04. The summed E-state index contributed by atoms with van der Waals surface area (Å²) >= 11 is 0. The first kappa shape index (κ1) is 19.2. The van der Waals surface area contributed by atoms with Gasteiger partial charge in [-0.3, -0.25) is 9.59 Å². The van der Waals surface area contributed by atoms with E-state index in [1.54, 1.807) is 0 Å². The first-order valence-electron chi connectivity index (χ1n) is 8.04. The van der Waals surface area contributed by atoms with Crippen molar-refractivity contribution >= 4 is 17.5 Å². The van der Waals surface area contributed by atoms with E-state index in [2.05, 4.69) is 10.6 Å². The second kappa shape index (κ2) is 8.82. The molecule has 3 N–H and O–H groups in total. The van der Waals surface area contributed by atoms with Gasteiger partial charge in [-0.05, 0) is 18.2 Å². The predicted octanol–water partition coefficient (Wildman–Crippen LogP) is 0.0653. The van der Waals surface area contributed by atoms with E-state index in [1.165, 1.54) is 17.0 Å². The third kappa shape index (κ3) is 6.35. The van der Waals surface area contributed by atoms with Crippen molar-refractivity contribution in [3.05, 3.63) is 29.8 Å². The van der Waals surface area contributed by atoms with E-state index in [-0.39, 0.29) is 5.69 Å². The van der Waals surface area contributed by atoms with Crippen LogP contribution < -0.4 is 15.5 Å². The highest BCUT2D eigenvalue weighted by Gasteiger charge is 2.30. The number of alkyl halides is 3. The third-order valence-electron chi connectivity index (χ3n) is 3.85. The van der Waals surface area contributed by atoms with E-state index in [4.69, 9.17) is 4.74 Å². The van der Waals surface area contributed by atoms with E-state index in [1.807, 2.05) is 0 Å². The van der Waals surface area contributed by atoms with Crippen molar-refractivity contribution in [2.24, 2.45) is 0 Å². The molecule has 2 amide bonds. The summed E-state index contributed by atoms with van der Waals surface area (Å²) in [6.45, 7) is 4.48. The van der Waals surface area contributed by atoms with Gasteiger partial charge in [0, 0.05) is 18.7 Å². The second-order valence-corrected chi connectivity index (χ2v) is 5.75. The summed E-state index contributed by atoms with van der Waals surface area (Å²) in [5.41, 5.74) is -0.966. The van der Waals surface area contributed by atoms with Gasteiger partial charge in [0.05, 0.1) is 25.3 Å². The zero-order chi connectivity index (χ0) is 18.3. The van der Waals surface area contributed by atoms with Gasteiger partial charge in [-0.2, -0.15) is 13.2 Å². The Hall–Kier alpha value is -2.13. The maximum atomic E-state index is 12.6. The molecule has 1 saturated heterocycles. The number of nitrogens with one attached hydrogen (secondary N) is 3. The normalized spacial score (nSPS) is 15.6. The molecule has 0 saturated carbocycles. The van der Waals surface area contributed by atoms with Crippen LogP contribution in [0.5, 0.6) is 0 Å². The fraction of sp³-hybridized carbons (Fsp3) is 0.500. The lowest BCUT2D eigenvalue weighted by Crippen LogP contribution is -3.14. The van der Waals surface area contributed by atoms with Crippen LogP contribution >= 0.6 is 0 Å². The number of hydrogen-bond acceptors (Lipinski definition) is 3. The summed E-state index contributed by atoms with van der Waals surface area (Å²) in [6.07, 6.45) is -3.80. The van der Waals surface area contributed by atoms with Gasteiger partial charge in [0.1, 0.15) is 13.1 Å². The topological polar surface area (TPSA) is 71.9 Å². The van der Waals surface area contributed by atoms with E-state index < -0.39 is 23.6 Å². The Labute approximate surface area is 143 Å². The number of rotatable bonds is 5. The number of halogens is 3. The van der Waals surface area contributed by atoms with Crippen LogP contribution in [-0.4, -0.2) is 51.2 Å². The highest BCUT2D eigenvalue weighted by Crippen LogP contribution is 2.30. The van der Waals surface area contributed by atoms with Gasteiger partial charge in [0.25, 0.3) is 0 Å². The fourth-order valence-electron chi connectivity index (χ4n) is 2.49. The molecule has 1 heterocycles. The molecule has 0 bridgehead atoms. The highest BCUT2D eigenvalue weighted by molar-refractivity contribution is 6.39. The maximum Gasteiger partial charge on any atom is 0.416 e. The first-order chi connectivity index (χ1) is 11.9. The Morgan fingerprint density at radius 2 is 1.88 bits per heavy atom. The van der Waals surface area contributed by atoms with Gasteiger partial charge in [-0.1, -0.05) is 6.07 Å². The number of hydrogen-bond donors (Lipinski definition) is 3. The van der Waals surface area contributed by atoms with Gasteiger partial charge < -0.3 is 20.3 Å². The summed E-state index contributed by atoms with van der Waals surface area (Å²) < 4.78 is 43.1. The number of ether oxygens (including phenoxy) is 1. The van der Waals surface area contributed by atoms with Crippen molar-refractivity contribution in [2.45, 2.75) is 12.6 Å². The molecule has 1 aliphatic rings. The van der Waals surface area contributed by atoms with Crippen LogP contribution in [0.15, 0.2) is 24.3 Å². The Morgan fingerprint density at radius 1 is 1.16 bits per heavy atom. The van der Waals surface area contributed by atoms with Gasteiger partial charge in [-0.25, -0.2) is 0 Å². The average Bonchev–Trinajstić information content (AvgIpc) is 2.59. The smallest absolute Gasteiger partial charge is 0.370 e. The molecule has 6 nitrogen and oxygen atoms in total. The van der Waals surface area contributed by atoms with Crippen molar-refractivity contribution in [2.75, 3.05) is 44.7 Å². The number of carbonyl (C=O) groups is 2. The van der Waals surface area contributed by atoms with Crippen LogP contribution in [0.2, 0.25) is 0 Å². The monoisotopic (exact) mass is 360 g/mol. The summed E-state index contributed by atoms with van der Waals surface area (Å²) in [7, 11) is 0. The zero-order valence-electron chi connectivity index (χ0n) is 13.6. The van der Waals surface area contributed by atoms with Gasteiger partial charge in [0.15, 0.2) is 0 Å². The van der Waals surface area contributed by atoms with E-state index in [0.29, 0.717) is 13.0 Å². The molecule has 9 heteroatoms. The Balaban J connectivity index is 1.73. The number of carbonyl (C=O) groups excluding carboxylic acids is 2. The van der Waals surface area contributed by atoms with Gasteiger partial charge in [0.2, 0.25) is 0 Å². The molecule has 0 radical (unpaired) electrons. The quantitative estimate of drug-likeness (QED) is 0.514. The molecule has 0 aliphatic carbocycles. The molecule has 1 aliphatic heterocycles. The van der Waals surface area contributed by atoms with Crippen LogP contribution in [0.3, 0.4) is 0 Å². The van der Waals surface area contributed by atoms with Crippen LogP contribution in [0.1, 0.15) is 12.0 Å². The summed E-state index contributed by atoms with van der Waals surface area (Å²) in [4.78, 5) is 24.8. The van der Waals surface area contributed by atoms with Crippen molar-refractivity contribution in [1.82, 2.24) is 5.32 Å². The van der Waals surface area contributed by atoms with Crippen molar-refractivity contribution in [3.8, 4) is 0 Å². The fourth-order valence-corrected chi connectivity index (χ4v) is 2.49. The van der Waals surface area contributed by atoms with Crippen molar-refractivity contribution in [3.63, 3.8) is 0 Å². The molecule has 25 heavy (non-hydrogen) atoms. The molecular formula is C16H21F3N3O3+. The Kier molecular flexibility index (Phi) is 6.77. The lowest BCUT2D eigenvalue weighted by atomic mass is 10.2. The van der Waals surface area contributed by atoms with Gasteiger partial charge in [-0.15, -0.1) is 0 Å². The van der Waals surface area contributed by atoms with Gasteiger partial charge >= 0.3 is 18.0 Å². The van der Waals surface area contributed by atoms with E-state index >= 15 is 0 Å². The molecule has 0 unspecified atom stereocenters. The minimum absolute atomic E-state index is 0.0762. The van der Waals surface area contributed by atoms with Crippen LogP contribution in [0, 0.1) is 0 Å². The Morgan fingerprint density at radius 3 is 2.56 bits per heavy atom. The minimum atomic E-state index is -4.51. The lowest BCUT2D eigenvalue weighted by molar-refractivity contribution is -0.908. The molecule has 0 spiro atoms. The SMILES string of the molecule is O=C(NCCC[NH+]1CCOCC1)C(=O)Nc1cccc(C(F)(F)F)c1. The number of benzene rings is 1. The largest absolute Gasteiger partial charge is 0.416 e. The maximum absolute atomic E-state index is 12.6. The molecule has 2 rings (SSSR count). The second-order valence-electron chi connectivity index (χ2n) is 5.75. The molecule has 1 aromatic rings. The molecule has 1 aromatic carbocycles. The molecule has 0 aromatic heterocycles. The molecule has 1 fully saturated rings. The van der Waals surface area contributed by atoms with Crippen molar-refractivity contribution < 1.29 is 32.4 Å². The number of anilines is 1. The molecular weight excluding hydrogens is 339 g/mol. The number of amides is 2. The molecule has 0 atom stereocenters.